The second kappa shape index (κ2) is 7.92. The molecule has 1 aromatic heterocycles. The predicted molar refractivity (Wildman–Crippen MR) is 82.5 cm³/mol. The van der Waals surface area contributed by atoms with Crippen molar-refractivity contribution in [3.8, 4) is 11.3 Å². The van der Waals surface area contributed by atoms with Crippen molar-refractivity contribution in [2.45, 2.75) is 6.92 Å². The zero-order valence-electron chi connectivity index (χ0n) is 13.2. The van der Waals surface area contributed by atoms with E-state index in [0.29, 0.717) is 10.8 Å². The van der Waals surface area contributed by atoms with E-state index < -0.39 is 15.2 Å². The maximum absolute atomic E-state index is 10.7. The molecule has 0 bridgehead atoms. The third-order valence-corrected chi connectivity index (χ3v) is 3.46. The number of nitro groups is 1. The molecule has 26 heavy (non-hydrogen) atoms. The molecule has 0 fully saturated rings. The minimum Gasteiger partial charge on any atom is -0.258 e. The molecule has 0 unspecified atom stereocenters. The van der Waals surface area contributed by atoms with Crippen molar-refractivity contribution in [1.82, 2.24) is 0 Å². The van der Waals surface area contributed by atoms with E-state index in [1.807, 2.05) is 31.2 Å². The molecule has 0 N–H and O–H groups in total. The summed E-state index contributed by atoms with van der Waals surface area (Å²) in [5, 5.41) is 13.2. The Labute approximate surface area is 154 Å². The summed E-state index contributed by atoms with van der Waals surface area (Å²) in [5.41, 5.74) is 0.824. The normalized spacial score (nSPS) is 11.0. The van der Waals surface area contributed by atoms with Crippen molar-refractivity contribution in [1.29, 1.82) is 0 Å². The number of hydrogen-bond acceptors (Lipinski definition) is 6. The summed E-state index contributed by atoms with van der Waals surface area (Å²) in [7, 11) is -4.94. The Morgan fingerprint density at radius 1 is 1.00 bits per heavy atom. The molecule has 3 rings (SSSR count). The first kappa shape index (κ1) is 20.0. The first-order valence-electron chi connectivity index (χ1n) is 6.94. The quantitative estimate of drug-likeness (QED) is 0.346. The Morgan fingerprint density at radius 3 is 2.12 bits per heavy atom. The zero-order valence-corrected chi connectivity index (χ0v) is 14.7. The minimum absolute atomic E-state index is 0.0498. The third-order valence-electron chi connectivity index (χ3n) is 3.22. The van der Waals surface area contributed by atoms with E-state index in [4.69, 9.17) is 34.7 Å². The van der Waals surface area contributed by atoms with E-state index >= 15 is 0 Å². The van der Waals surface area contributed by atoms with Crippen LogP contribution >= 0.6 is 11.6 Å². The topological polar surface area (TPSA) is 147 Å². The Morgan fingerprint density at radius 2 is 1.58 bits per heavy atom. The zero-order chi connectivity index (χ0) is 19.5. The van der Waals surface area contributed by atoms with Gasteiger partial charge in [-0.25, -0.2) is 23.1 Å². The molecule has 0 saturated carbocycles. The van der Waals surface area contributed by atoms with E-state index in [-0.39, 0.29) is 5.69 Å². The molecular formula is C16H11Cl2NO7. The van der Waals surface area contributed by atoms with Crippen LogP contribution in [0.5, 0.6) is 0 Å². The van der Waals surface area contributed by atoms with Gasteiger partial charge in [0.25, 0.3) is 5.69 Å². The number of rotatable bonds is 2. The van der Waals surface area contributed by atoms with Crippen LogP contribution in [0.4, 0.5) is 5.69 Å². The summed E-state index contributed by atoms with van der Waals surface area (Å²) >= 11 is 6.05. The SMILES string of the molecule is Cc1cc2ccc(Cl)cc2c(-c2ccc([N+](=O)[O-])cc2)[o+]1.[O-][Cl+3]([O-])([O-])[O-]. The minimum atomic E-state index is -4.94. The fourth-order valence-electron chi connectivity index (χ4n) is 2.26. The standard InChI is InChI=1S/C16H11ClNO3.ClHO4/c1-10-8-12-2-5-13(17)9-15(12)16(21-10)11-3-6-14(7-4-11)18(19)20;2-1(3,4)5/h2-9H,1H3;(H,2,3,4,5)/q+1;/p-1. The Hall–Kier alpha value is -2.33. The number of fused-ring (bicyclic) bond motifs is 1. The van der Waals surface area contributed by atoms with Gasteiger partial charge >= 0.3 is 11.5 Å². The number of nitro benzene ring substituents is 1. The summed E-state index contributed by atoms with van der Waals surface area (Å²) < 4.78 is 39.8. The highest BCUT2D eigenvalue weighted by atomic mass is 35.7. The molecule has 8 nitrogen and oxygen atoms in total. The smallest absolute Gasteiger partial charge is 0.258 e. The number of nitrogens with zero attached hydrogens (tertiary/aromatic N) is 1. The monoisotopic (exact) mass is 399 g/mol. The van der Waals surface area contributed by atoms with Crippen LogP contribution in [0.3, 0.4) is 0 Å². The van der Waals surface area contributed by atoms with Gasteiger partial charge in [-0.15, -0.1) is 10.2 Å². The van der Waals surface area contributed by atoms with Gasteiger partial charge in [0.1, 0.15) is 0 Å². The number of non-ortho nitro benzene ring substituents is 1. The van der Waals surface area contributed by atoms with Gasteiger partial charge < -0.3 is 0 Å². The highest BCUT2D eigenvalue weighted by molar-refractivity contribution is 6.31. The maximum atomic E-state index is 10.7. The fraction of sp³-hybridized carbons (Fsp3) is 0.0625. The molecule has 0 aliphatic rings. The number of hydrogen-bond donors (Lipinski definition) is 0. The highest BCUT2D eigenvalue weighted by Gasteiger charge is 2.20. The van der Waals surface area contributed by atoms with Crippen LogP contribution < -0.4 is 18.6 Å². The van der Waals surface area contributed by atoms with E-state index in [1.54, 1.807) is 12.1 Å². The van der Waals surface area contributed by atoms with Crippen LogP contribution in [-0.2, 0) is 0 Å². The molecule has 0 atom stereocenters. The molecule has 10 heteroatoms. The Kier molecular flexibility index (Phi) is 6.09. The van der Waals surface area contributed by atoms with Crippen LogP contribution in [0.15, 0.2) is 52.9 Å². The summed E-state index contributed by atoms with van der Waals surface area (Å²) in [6.45, 7) is 1.86. The van der Waals surface area contributed by atoms with Crippen LogP contribution in [0, 0.1) is 27.3 Å². The van der Waals surface area contributed by atoms with Gasteiger partial charge in [-0.3, -0.25) is 10.1 Å². The molecule has 0 amide bonds. The van der Waals surface area contributed by atoms with E-state index in [2.05, 4.69) is 0 Å². The lowest BCUT2D eigenvalue weighted by atomic mass is 10.0. The molecule has 0 radical (unpaired) electrons. The molecule has 136 valence electrons. The van der Waals surface area contributed by atoms with Crippen LogP contribution in [0.25, 0.3) is 22.1 Å². The van der Waals surface area contributed by atoms with Crippen LogP contribution in [-0.4, -0.2) is 4.92 Å². The van der Waals surface area contributed by atoms with Gasteiger partial charge in [0, 0.05) is 28.6 Å². The molecule has 0 aliphatic carbocycles. The van der Waals surface area contributed by atoms with Crippen molar-refractivity contribution in [2.24, 2.45) is 0 Å². The molecule has 3 aromatic rings. The van der Waals surface area contributed by atoms with E-state index in [0.717, 1.165) is 22.1 Å². The lowest BCUT2D eigenvalue weighted by molar-refractivity contribution is -2.00. The van der Waals surface area contributed by atoms with Crippen molar-refractivity contribution < 1.29 is 38.2 Å². The lowest BCUT2D eigenvalue weighted by Crippen LogP contribution is -2.68. The van der Waals surface area contributed by atoms with Crippen LogP contribution in [0.2, 0.25) is 5.02 Å². The molecule has 0 saturated heterocycles. The van der Waals surface area contributed by atoms with Gasteiger partial charge in [0.15, 0.2) is 0 Å². The summed E-state index contributed by atoms with van der Waals surface area (Å²) in [4.78, 5) is 10.3. The number of aryl methyl sites for hydroxylation is 1. The summed E-state index contributed by atoms with van der Waals surface area (Å²) in [6.07, 6.45) is 0. The highest BCUT2D eigenvalue weighted by Crippen LogP contribution is 2.32. The van der Waals surface area contributed by atoms with Gasteiger partial charge in [-0.2, -0.15) is 0 Å². The first-order chi connectivity index (χ1) is 12.0. The van der Waals surface area contributed by atoms with Crippen molar-refractivity contribution in [2.75, 3.05) is 0 Å². The van der Waals surface area contributed by atoms with Gasteiger partial charge in [0.05, 0.1) is 22.8 Å². The molecule has 2 aromatic carbocycles. The van der Waals surface area contributed by atoms with Crippen LogP contribution in [0.1, 0.15) is 5.76 Å². The van der Waals surface area contributed by atoms with E-state index in [1.165, 1.54) is 12.1 Å². The predicted octanol–water partition coefficient (Wildman–Crippen LogP) is 0.495. The first-order valence-corrected chi connectivity index (χ1v) is 8.55. The number of benzene rings is 2. The van der Waals surface area contributed by atoms with Gasteiger partial charge in [-0.1, -0.05) is 17.7 Å². The summed E-state index contributed by atoms with van der Waals surface area (Å²) in [5.74, 6) is 1.42. The molecule has 1 heterocycles. The molecular weight excluding hydrogens is 389 g/mol. The third kappa shape index (κ3) is 5.60. The largest absolute Gasteiger partial charge is 0.367 e. The second-order valence-electron chi connectivity index (χ2n) is 5.10. The average molecular weight is 400 g/mol. The Bertz CT molecular complexity index is 934. The number of halogens is 2. The van der Waals surface area contributed by atoms with Crippen molar-refractivity contribution in [3.05, 3.63) is 69.4 Å². The average Bonchev–Trinajstić information content (AvgIpc) is 2.53. The fourth-order valence-corrected chi connectivity index (χ4v) is 2.44. The Balaban J connectivity index is 0.000000431. The molecule has 0 spiro atoms. The maximum Gasteiger partial charge on any atom is 0.367 e. The molecule has 0 aliphatic heterocycles. The van der Waals surface area contributed by atoms with Gasteiger partial charge in [-0.05, 0) is 24.3 Å². The van der Waals surface area contributed by atoms with Gasteiger partial charge in [0.2, 0.25) is 0 Å². The van der Waals surface area contributed by atoms with Crippen molar-refractivity contribution in [3.63, 3.8) is 0 Å². The van der Waals surface area contributed by atoms with Crippen molar-refractivity contribution >= 4 is 28.1 Å². The lowest BCUT2D eigenvalue weighted by Gasteiger charge is -2.17. The summed E-state index contributed by atoms with van der Waals surface area (Å²) in [6, 6.07) is 13.8. The van der Waals surface area contributed by atoms with E-state index in [9.17, 15) is 10.1 Å². The second-order valence-corrected chi connectivity index (χ2v) is 6.29.